The van der Waals surface area contributed by atoms with E-state index in [-0.39, 0.29) is 18.5 Å². The Morgan fingerprint density at radius 2 is 1.77 bits per heavy atom. The standard InChI is InChI=1S/C30H36O5/c1-5-18(2)28(29(31)32)24-7-6-23-13-27(35-17-34-19(3)33-4)26(12-25(23)11-24)30-14-20-8-21(15-30)10-22(9-20)16-30/h5-7,11-13,19-22H,1,8-10,14-17H2,2-4H3,(H,31,32)/b28-18+. The van der Waals surface area contributed by atoms with Crippen molar-refractivity contribution in [2.24, 2.45) is 17.8 Å². The van der Waals surface area contributed by atoms with Crippen LogP contribution < -0.4 is 4.74 Å². The average molecular weight is 477 g/mol. The molecule has 6 rings (SSSR count). The first kappa shape index (κ1) is 24.1. The van der Waals surface area contributed by atoms with Crippen LogP contribution in [0.2, 0.25) is 0 Å². The van der Waals surface area contributed by atoms with Crippen molar-refractivity contribution in [3.63, 3.8) is 0 Å². The van der Waals surface area contributed by atoms with Crippen molar-refractivity contribution in [2.75, 3.05) is 13.9 Å². The Balaban J connectivity index is 1.60. The summed E-state index contributed by atoms with van der Waals surface area (Å²) in [4.78, 5) is 12.0. The molecule has 2 aromatic carbocycles. The number of rotatable bonds is 9. The van der Waals surface area contributed by atoms with E-state index in [1.165, 1.54) is 44.1 Å². The molecule has 1 unspecified atom stereocenters. The molecule has 0 aliphatic heterocycles. The van der Waals surface area contributed by atoms with E-state index in [9.17, 15) is 9.90 Å². The highest BCUT2D eigenvalue weighted by Gasteiger charge is 2.52. The highest BCUT2D eigenvalue weighted by atomic mass is 16.7. The van der Waals surface area contributed by atoms with Gasteiger partial charge in [0.05, 0.1) is 5.57 Å². The van der Waals surface area contributed by atoms with Crippen LogP contribution in [0.25, 0.3) is 16.3 Å². The number of allylic oxidation sites excluding steroid dienone is 2. The molecule has 0 radical (unpaired) electrons. The van der Waals surface area contributed by atoms with Crippen molar-refractivity contribution in [1.29, 1.82) is 0 Å². The summed E-state index contributed by atoms with van der Waals surface area (Å²) in [5, 5.41) is 11.9. The zero-order valence-electron chi connectivity index (χ0n) is 21.0. The van der Waals surface area contributed by atoms with E-state index in [2.05, 4.69) is 18.7 Å². The van der Waals surface area contributed by atoms with Crippen LogP contribution in [0.5, 0.6) is 5.75 Å². The minimum Gasteiger partial charge on any atom is -0.478 e. The Morgan fingerprint density at radius 1 is 1.11 bits per heavy atom. The van der Waals surface area contributed by atoms with E-state index in [0.29, 0.717) is 16.7 Å². The highest BCUT2D eigenvalue weighted by molar-refractivity contribution is 6.17. The van der Waals surface area contributed by atoms with E-state index >= 15 is 0 Å². The molecule has 4 saturated carbocycles. The molecule has 5 nitrogen and oxygen atoms in total. The lowest BCUT2D eigenvalue weighted by Crippen LogP contribution is -2.48. The third kappa shape index (κ3) is 4.52. The monoisotopic (exact) mass is 476 g/mol. The number of carboxylic acids is 1. The van der Waals surface area contributed by atoms with Gasteiger partial charge < -0.3 is 19.3 Å². The Hall–Kier alpha value is -2.63. The maximum absolute atomic E-state index is 12.0. The molecule has 4 bridgehead atoms. The van der Waals surface area contributed by atoms with Gasteiger partial charge in [-0.25, -0.2) is 4.79 Å². The van der Waals surface area contributed by atoms with E-state index in [0.717, 1.165) is 34.3 Å². The van der Waals surface area contributed by atoms with Gasteiger partial charge in [-0.3, -0.25) is 0 Å². The second kappa shape index (κ2) is 9.44. The minimum atomic E-state index is -0.938. The van der Waals surface area contributed by atoms with Crippen molar-refractivity contribution < 1.29 is 24.1 Å². The highest BCUT2D eigenvalue weighted by Crippen LogP contribution is 2.62. The normalized spacial score (nSPS) is 28.6. The van der Waals surface area contributed by atoms with Crippen LogP contribution in [0.3, 0.4) is 0 Å². The number of methoxy groups -OCH3 is 1. The topological polar surface area (TPSA) is 65.0 Å². The fourth-order valence-electron chi connectivity index (χ4n) is 7.29. The third-order valence-electron chi connectivity index (χ3n) is 8.60. The Kier molecular flexibility index (Phi) is 6.49. The summed E-state index contributed by atoms with van der Waals surface area (Å²) in [5.74, 6) is 2.35. The third-order valence-corrected chi connectivity index (χ3v) is 8.60. The molecule has 5 heteroatoms. The zero-order chi connectivity index (χ0) is 24.7. The van der Waals surface area contributed by atoms with Crippen molar-refractivity contribution >= 4 is 22.3 Å². The van der Waals surface area contributed by atoms with Gasteiger partial charge in [-0.2, -0.15) is 0 Å². The van der Waals surface area contributed by atoms with Gasteiger partial charge in [-0.1, -0.05) is 24.8 Å². The van der Waals surface area contributed by atoms with Crippen LogP contribution in [-0.2, 0) is 19.7 Å². The van der Waals surface area contributed by atoms with Crippen LogP contribution in [0, 0.1) is 17.8 Å². The van der Waals surface area contributed by atoms with Crippen molar-refractivity contribution in [3.8, 4) is 5.75 Å². The van der Waals surface area contributed by atoms with Crippen molar-refractivity contribution in [3.05, 3.63) is 59.7 Å². The Morgan fingerprint density at radius 3 is 2.34 bits per heavy atom. The number of carbonyl (C=O) groups is 1. The van der Waals surface area contributed by atoms with Gasteiger partial charge in [0.25, 0.3) is 0 Å². The second-order valence-electron chi connectivity index (χ2n) is 10.9. The molecule has 0 amide bonds. The number of hydrogen-bond acceptors (Lipinski definition) is 4. The molecule has 2 aromatic rings. The molecular weight excluding hydrogens is 440 g/mol. The van der Waals surface area contributed by atoms with E-state index in [4.69, 9.17) is 14.2 Å². The smallest absolute Gasteiger partial charge is 0.336 e. The molecule has 4 fully saturated rings. The van der Waals surface area contributed by atoms with E-state index in [1.54, 1.807) is 20.1 Å². The molecule has 0 spiro atoms. The SMILES string of the molecule is C=C/C(C)=C(/C(=O)O)c1ccc2cc(OCOC(C)OC)c(C34CC5CC(CC(C5)C3)C4)cc2c1. The van der Waals surface area contributed by atoms with Crippen LogP contribution in [-0.4, -0.2) is 31.3 Å². The number of benzene rings is 2. The molecule has 4 aliphatic carbocycles. The van der Waals surface area contributed by atoms with Crippen LogP contribution in [0.15, 0.2) is 48.6 Å². The molecule has 0 aromatic heterocycles. The van der Waals surface area contributed by atoms with Gasteiger partial charge in [0, 0.05) is 12.7 Å². The first-order valence-electron chi connectivity index (χ1n) is 12.7. The maximum Gasteiger partial charge on any atom is 0.336 e. The summed E-state index contributed by atoms with van der Waals surface area (Å²) >= 11 is 0. The summed E-state index contributed by atoms with van der Waals surface area (Å²) in [6, 6.07) is 10.2. The number of hydrogen-bond donors (Lipinski definition) is 1. The first-order chi connectivity index (χ1) is 16.8. The molecular formula is C30H36O5. The Bertz CT molecular complexity index is 1140. The van der Waals surface area contributed by atoms with Crippen LogP contribution in [0.1, 0.15) is 63.5 Å². The lowest BCUT2D eigenvalue weighted by atomic mass is 9.48. The summed E-state index contributed by atoms with van der Waals surface area (Å²) < 4.78 is 17.1. The molecule has 0 saturated heterocycles. The molecule has 1 N–H and O–H groups in total. The van der Waals surface area contributed by atoms with Crippen LogP contribution in [0.4, 0.5) is 0 Å². The van der Waals surface area contributed by atoms with E-state index in [1.807, 2.05) is 25.1 Å². The van der Waals surface area contributed by atoms with Gasteiger partial charge in [0.1, 0.15) is 5.75 Å². The molecule has 4 aliphatic rings. The number of carboxylic acid groups (broad SMARTS) is 1. The number of ether oxygens (including phenoxy) is 3. The van der Waals surface area contributed by atoms with Gasteiger partial charge in [0.2, 0.25) is 0 Å². The number of aliphatic carboxylic acids is 1. The summed E-state index contributed by atoms with van der Waals surface area (Å²) in [5.41, 5.74) is 3.04. The molecule has 35 heavy (non-hydrogen) atoms. The van der Waals surface area contributed by atoms with Gasteiger partial charge >= 0.3 is 5.97 Å². The fourth-order valence-corrected chi connectivity index (χ4v) is 7.29. The molecule has 0 heterocycles. The van der Waals surface area contributed by atoms with Crippen molar-refractivity contribution in [1.82, 2.24) is 0 Å². The first-order valence-corrected chi connectivity index (χ1v) is 12.7. The predicted octanol–water partition coefficient (Wildman–Crippen LogP) is 6.70. The Labute approximate surface area is 207 Å². The average Bonchev–Trinajstić information content (AvgIpc) is 2.82. The second-order valence-corrected chi connectivity index (χ2v) is 10.9. The summed E-state index contributed by atoms with van der Waals surface area (Å²) in [6.07, 6.45) is 9.02. The van der Waals surface area contributed by atoms with Gasteiger partial charge in [-0.05, 0) is 116 Å². The summed E-state index contributed by atoms with van der Waals surface area (Å²) in [6.45, 7) is 7.54. The minimum absolute atomic E-state index is 0.127. The zero-order valence-corrected chi connectivity index (χ0v) is 21.0. The fraction of sp³-hybridized carbons (Fsp3) is 0.500. The van der Waals surface area contributed by atoms with Gasteiger partial charge in [-0.15, -0.1) is 0 Å². The molecule has 186 valence electrons. The largest absolute Gasteiger partial charge is 0.478 e. The number of fused-ring (bicyclic) bond motifs is 1. The van der Waals surface area contributed by atoms with E-state index < -0.39 is 5.97 Å². The quantitative estimate of drug-likeness (QED) is 0.248. The van der Waals surface area contributed by atoms with Gasteiger partial charge in [0.15, 0.2) is 13.1 Å². The lowest BCUT2D eigenvalue weighted by molar-refractivity contribution is -0.150. The maximum atomic E-state index is 12.0. The molecule has 1 atom stereocenters. The van der Waals surface area contributed by atoms with Crippen molar-refractivity contribution in [2.45, 2.75) is 64.1 Å². The predicted molar refractivity (Wildman–Crippen MR) is 137 cm³/mol. The van der Waals surface area contributed by atoms with Crippen LogP contribution >= 0.6 is 0 Å². The summed E-state index contributed by atoms with van der Waals surface area (Å²) in [7, 11) is 1.62. The lowest BCUT2D eigenvalue weighted by Gasteiger charge is -2.57.